The molecule has 0 saturated carbocycles. The first kappa shape index (κ1) is 17.5. The normalized spacial score (nSPS) is 12.7. The van der Waals surface area contributed by atoms with Crippen molar-refractivity contribution in [2.24, 2.45) is 0 Å². The molecule has 6 heteroatoms. The van der Waals surface area contributed by atoms with Crippen LogP contribution >= 0.6 is 11.6 Å². The Morgan fingerprint density at radius 1 is 1.13 bits per heavy atom. The van der Waals surface area contributed by atoms with Gasteiger partial charge in [-0.2, -0.15) is 0 Å². The van der Waals surface area contributed by atoms with E-state index in [0.717, 1.165) is 5.56 Å². The van der Waals surface area contributed by atoms with Crippen LogP contribution in [-0.4, -0.2) is 20.6 Å². The van der Waals surface area contributed by atoms with Crippen molar-refractivity contribution >= 4 is 27.3 Å². The summed E-state index contributed by atoms with van der Waals surface area (Å²) in [5, 5.41) is 3.32. The molecular formula is C17H18ClNO3S. The molecule has 0 radical (unpaired) electrons. The van der Waals surface area contributed by atoms with Gasteiger partial charge in [-0.05, 0) is 36.2 Å². The van der Waals surface area contributed by atoms with Gasteiger partial charge >= 0.3 is 0 Å². The van der Waals surface area contributed by atoms with E-state index >= 15 is 0 Å². The largest absolute Gasteiger partial charge is 0.345 e. The Hall–Kier alpha value is -1.85. The summed E-state index contributed by atoms with van der Waals surface area (Å²) in [7, 11) is -3.23. The zero-order valence-electron chi connectivity index (χ0n) is 12.9. The molecule has 0 spiro atoms. The van der Waals surface area contributed by atoms with E-state index in [1.807, 2.05) is 6.92 Å². The molecule has 0 fully saturated rings. The second-order valence-electron chi connectivity index (χ2n) is 5.26. The average Bonchev–Trinajstić information content (AvgIpc) is 2.52. The lowest BCUT2D eigenvalue weighted by Gasteiger charge is -2.18. The number of hydrogen-bond donors (Lipinski definition) is 1. The molecule has 2 rings (SSSR count). The van der Waals surface area contributed by atoms with Crippen LogP contribution in [0.3, 0.4) is 0 Å². The van der Waals surface area contributed by atoms with Gasteiger partial charge in [-0.1, -0.05) is 42.8 Å². The molecule has 0 aliphatic carbocycles. The van der Waals surface area contributed by atoms with Crippen LogP contribution in [0.15, 0.2) is 53.4 Å². The molecule has 1 unspecified atom stereocenters. The first-order valence-electron chi connectivity index (χ1n) is 7.18. The summed E-state index contributed by atoms with van der Waals surface area (Å²) in [5.41, 5.74) is 1.26. The second kappa shape index (κ2) is 7.15. The summed E-state index contributed by atoms with van der Waals surface area (Å²) in [6.45, 7) is 1.95. The van der Waals surface area contributed by atoms with Crippen LogP contribution in [0.5, 0.6) is 0 Å². The van der Waals surface area contributed by atoms with Crippen LogP contribution in [0.2, 0.25) is 5.02 Å². The number of nitrogens with one attached hydrogen (secondary N) is 1. The van der Waals surface area contributed by atoms with Gasteiger partial charge in [0.05, 0.1) is 21.5 Å². The first-order valence-corrected chi connectivity index (χ1v) is 9.45. The minimum Gasteiger partial charge on any atom is -0.345 e. The summed E-state index contributed by atoms with van der Waals surface area (Å²) in [4.78, 5) is 12.6. The molecule has 0 aromatic heterocycles. The third-order valence-electron chi connectivity index (χ3n) is 3.54. The number of carbonyl (C=O) groups excluding carboxylic acids is 1. The van der Waals surface area contributed by atoms with E-state index in [1.54, 1.807) is 48.5 Å². The summed E-state index contributed by atoms with van der Waals surface area (Å²) in [5.74, 6) is -0.255. The van der Waals surface area contributed by atoms with Crippen molar-refractivity contribution in [3.05, 3.63) is 64.7 Å². The van der Waals surface area contributed by atoms with Gasteiger partial charge in [0.2, 0.25) is 0 Å². The summed E-state index contributed by atoms with van der Waals surface area (Å²) in [6, 6.07) is 13.2. The van der Waals surface area contributed by atoms with E-state index < -0.39 is 9.84 Å². The third-order valence-corrected chi connectivity index (χ3v) is 5.00. The van der Waals surface area contributed by atoms with E-state index in [2.05, 4.69) is 5.32 Å². The maximum Gasteiger partial charge on any atom is 0.253 e. The Kier molecular flexibility index (Phi) is 5.44. The molecule has 1 atom stereocenters. The Labute approximate surface area is 141 Å². The zero-order valence-corrected chi connectivity index (χ0v) is 14.5. The Bertz CT molecular complexity index is 801. The molecule has 0 bridgehead atoms. The maximum atomic E-state index is 12.3. The predicted molar refractivity (Wildman–Crippen MR) is 91.5 cm³/mol. The van der Waals surface area contributed by atoms with Gasteiger partial charge in [0.15, 0.2) is 9.84 Å². The number of amides is 1. The van der Waals surface area contributed by atoms with Crippen molar-refractivity contribution in [1.29, 1.82) is 0 Å². The number of sulfone groups is 1. The van der Waals surface area contributed by atoms with E-state index in [4.69, 9.17) is 11.6 Å². The zero-order chi connectivity index (χ0) is 17.0. The Balaban J connectivity index is 2.20. The molecule has 0 aliphatic rings. The number of carbonyl (C=O) groups is 1. The molecule has 0 aliphatic heterocycles. The third kappa shape index (κ3) is 4.33. The Morgan fingerprint density at radius 3 is 2.26 bits per heavy atom. The first-order chi connectivity index (χ1) is 10.8. The van der Waals surface area contributed by atoms with Crippen molar-refractivity contribution in [1.82, 2.24) is 5.32 Å². The molecule has 2 aromatic carbocycles. The highest BCUT2D eigenvalue weighted by Gasteiger charge is 2.16. The molecule has 1 amide bonds. The van der Waals surface area contributed by atoms with Crippen molar-refractivity contribution in [2.45, 2.75) is 24.3 Å². The molecule has 2 aromatic rings. The van der Waals surface area contributed by atoms with Crippen LogP contribution in [0.25, 0.3) is 0 Å². The minimum absolute atomic E-state index is 0.215. The summed E-state index contributed by atoms with van der Waals surface area (Å²) in [6.07, 6.45) is 1.84. The van der Waals surface area contributed by atoms with Gasteiger partial charge in [-0.15, -0.1) is 0 Å². The van der Waals surface area contributed by atoms with Gasteiger partial charge in [-0.3, -0.25) is 4.79 Å². The van der Waals surface area contributed by atoms with Gasteiger partial charge < -0.3 is 5.32 Å². The highest BCUT2D eigenvalue weighted by Crippen LogP contribution is 2.21. The van der Waals surface area contributed by atoms with Crippen LogP contribution in [0.4, 0.5) is 0 Å². The van der Waals surface area contributed by atoms with E-state index in [-0.39, 0.29) is 16.8 Å². The molecule has 0 saturated heterocycles. The fourth-order valence-corrected chi connectivity index (χ4v) is 3.10. The lowest BCUT2D eigenvalue weighted by Crippen LogP contribution is -2.28. The number of hydrogen-bond acceptors (Lipinski definition) is 3. The van der Waals surface area contributed by atoms with Crippen molar-refractivity contribution in [3.8, 4) is 0 Å². The number of benzene rings is 2. The van der Waals surface area contributed by atoms with Gasteiger partial charge in [0, 0.05) is 6.26 Å². The molecule has 0 heterocycles. The second-order valence-corrected chi connectivity index (χ2v) is 7.68. The quantitative estimate of drug-likeness (QED) is 0.894. The van der Waals surface area contributed by atoms with Crippen LogP contribution in [-0.2, 0) is 9.84 Å². The maximum absolute atomic E-state index is 12.3. The van der Waals surface area contributed by atoms with Gasteiger partial charge in [-0.25, -0.2) is 8.42 Å². The molecule has 23 heavy (non-hydrogen) atoms. The summed E-state index contributed by atoms with van der Waals surface area (Å²) < 4.78 is 23.0. The number of halogens is 1. The minimum atomic E-state index is -3.23. The van der Waals surface area contributed by atoms with Crippen LogP contribution < -0.4 is 5.32 Å². The number of rotatable bonds is 5. The van der Waals surface area contributed by atoms with Gasteiger partial charge in [0.1, 0.15) is 0 Å². The highest BCUT2D eigenvalue weighted by atomic mass is 35.5. The molecular weight excluding hydrogens is 334 g/mol. The lowest BCUT2D eigenvalue weighted by molar-refractivity contribution is 0.0935. The average molecular weight is 352 g/mol. The molecule has 4 nitrogen and oxygen atoms in total. The Morgan fingerprint density at radius 2 is 1.74 bits per heavy atom. The van der Waals surface area contributed by atoms with E-state index in [0.29, 0.717) is 17.0 Å². The SMILES string of the molecule is CCC(NC(=O)c1ccccc1Cl)c1ccc(S(C)(=O)=O)cc1. The van der Waals surface area contributed by atoms with Crippen LogP contribution in [0.1, 0.15) is 35.3 Å². The van der Waals surface area contributed by atoms with Crippen molar-refractivity contribution in [2.75, 3.05) is 6.26 Å². The predicted octanol–water partition coefficient (Wildman–Crippen LogP) is 3.62. The smallest absolute Gasteiger partial charge is 0.253 e. The van der Waals surface area contributed by atoms with E-state index in [1.165, 1.54) is 6.26 Å². The standard InChI is InChI=1S/C17H18ClNO3S/c1-3-16(12-8-10-13(11-9-12)23(2,21)22)19-17(20)14-6-4-5-7-15(14)18/h4-11,16H,3H2,1-2H3,(H,19,20). The van der Waals surface area contributed by atoms with Crippen molar-refractivity contribution in [3.63, 3.8) is 0 Å². The highest BCUT2D eigenvalue weighted by molar-refractivity contribution is 7.90. The molecule has 122 valence electrons. The lowest BCUT2D eigenvalue weighted by atomic mass is 10.0. The monoisotopic (exact) mass is 351 g/mol. The fraction of sp³-hybridized carbons (Fsp3) is 0.235. The molecule has 1 N–H and O–H groups in total. The van der Waals surface area contributed by atoms with Crippen molar-refractivity contribution < 1.29 is 13.2 Å². The van der Waals surface area contributed by atoms with Gasteiger partial charge in [0.25, 0.3) is 5.91 Å². The fourth-order valence-electron chi connectivity index (χ4n) is 2.25. The van der Waals surface area contributed by atoms with Crippen LogP contribution in [0, 0.1) is 0 Å². The topological polar surface area (TPSA) is 63.2 Å². The van der Waals surface area contributed by atoms with E-state index in [9.17, 15) is 13.2 Å². The summed E-state index contributed by atoms with van der Waals surface area (Å²) >= 11 is 6.04.